The molecule has 0 aliphatic carbocycles. The van der Waals surface area contributed by atoms with E-state index < -0.39 is 24.3 Å². The Morgan fingerprint density at radius 3 is 2.65 bits per heavy atom. The van der Waals surface area contributed by atoms with Crippen LogP contribution < -0.4 is 5.32 Å². The van der Waals surface area contributed by atoms with Crippen LogP contribution in [0.1, 0.15) is 21.5 Å². The molecule has 0 fully saturated rings. The smallest absolute Gasteiger partial charge is 0.338 e. The van der Waals surface area contributed by atoms with Gasteiger partial charge in [-0.05, 0) is 49.2 Å². The zero-order valence-electron chi connectivity index (χ0n) is 12.7. The van der Waals surface area contributed by atoms with Crippen molar-refractivity contribution in [2.45, 2.75) is 13.8 Å². The predicted molar refractivity (Wildman–Crippen MR) is 86.2 cm³/mol. The van der Waals surface area contributed by atoms with Crippen LogP contribution in [0.2, 0.25) is 5.02 Å². The van der Waals surface area contributed by atoms with E-state index in [4.69, 9.17) is 16.3 Å². The number of hydrogen-bond acceptors (Lipinski definition) is 3. The minimum absolute atomic E-state index is 0.0258. The van der Waals surface area contributed by atoms with E-state index in [9.17, 15) is 14.0 Å². The molecule has 2 aromatic rings. The summed E-state index contributed by atoms with van der Waals surface area (Å²) < 4.78 is 18.5. The Labute approximate surface area is 138 Å². The number of carbonyl (C=O) groups excluding carboxylic acids is 2. The average Bonchev–Trinajstić information content (AvgIpc) is 2.50. The number of aryl methyl sites for hydroxylation is 1. The van der Waals surface area contributed by atoms with Crippen LogP contribution in [0.15, 0.2) is 36.4 Å². The van der Waals surface area contributed by atoms with Crippen molar-refractivity contribution in [3.63, 3.8) is 0 Å². The van der Waals surface area contributed by atoms with E-state index in [2.05, 4.69) is 5.32 Å². The summed E-state index contributed by atoms with van der Waals surface area (Å²) in [6.07, 6.45) is 0. The van der Waals surface area contributed by atoms with Crippen molar-refractivity contribution in [3.05, 3.63) is 63.9 Å². The molecule has 0 radical (unpaired) electrons. The van der Waals surface area contributed by atoms with Crippen LogP contribution in [0.4, 0.5) is 10.1 Å². The van der Waals surface area contributed by atoms with E-state index in [1.807, 2.05) is 13.0 Å². The van der Waals surface area contributed by atoms with Gasteiger partial charge in [0, 0.05) is 5.02 Å². The lowest BCUT2D eigenvalue weighted by Crippen LogP contribution is -2.21. The topological polar surface area (TPSA) is 55.4 Å². The molecule has 0 bridgehead atoms. The van der Waals surface area contributed by atoms with E-state index in [0.29, 0.717) is 5.56 Å². The standard InChI is InChI=1S/C17H15ClFNO3/c1-10-4-3-5-13(11(10)2)17(22)23-9-16(21)20-15-7-6-12(18)8-14(15)19/h3-8H,9H2,1-2H3,(H,20,21). The molecule has 0 aliphatic heterocycles. The van der Waals surface area contributed by atoms with Gasteiger partial charge in [-0.1, -0.05) is 23.7 Å². The molecule has 23 heavy (non-hydrogen) atoms. The Bertz CT molecular complexity index is 761. The van der Waals surface area contributed by atoms with Gasteiger partial charge < -0.3 is 10.1 Å². The molecule has 1 N–H and O–H groups in total. The molecule has 2 aromatic carbocycles. The van der Waals surface area contributed by atoms with Crippen LogP contribution in [-0.2, 0) is 9.53 Å². The fourth-order valence-corrected chi connectivity index (χ4v) is 2.12. The van der Waals surface area contributed by atoms with Crippen molar-refractivity contribution < 1.29 is 18.7 Å². The van der Waals surface area contributed by atoms with Crippen molar-refractivity contribution in [1.29, 1.82) is 0 Å². The largest absolute Gasteiger partial charge is 0.452 e. The second-order valence-electron chi connectivity index (χ2n) is 5.00. The van der Waals surface area contributed by atoms with Crippen molar-refractivity contribution in [3.8, 4) is 0 Å². The number of hydrogen-bond donors (Lipinski definition) is 1. The van der Waals surface area contributed by atoms with Gasteiger partial charge in [0.2, 0.25) is 0 Å². The van der Waals surface area contributed by atoms with Gasteiger partial charge in [-0.15, -0.1) is 0 Å². The second-order valence-corrected chi connectivity index (χ2v) is 5.43. The first-order valence-electron chi connectivity index (χ1n) is 6.86. The molecule has 0 saturated heterocycles. The molecule has 4 nitrogen and oxygen atoms in total. The Morgan fingerprint density at radius 1 is 1.22 bits per heavy atom. The fraction of sp³-hybridized carbons (Fsp3) is 0.176. The summed E-state index contributed by atoms with van der Waals surface area (Å²) in [5, 5.41) is 2.54. The van der Waals surface area contributed by atoms with Gasteiger partial charge in [0.25, 0.3) is 5.91 Å². The van der Waals surface area contributed by atoms with Gasteiger partial charge in [-0.2, -0.15) is 0 Å². The molecule has 6 heteroatoms. The van der Waals surface area contributed by atoms with E-state index in [1.165, 1.54) is 12.1 Å². The molecule has 0 spiro atoms. The van der Waals surface area contributed by atoms with Crippen LogP contribution >= 0.6 is 11.6 Å². The van der Waals surface area contributed by atoms with Gasteiger partial charge >= 0.3 is 5.97 Å². The Kier molecular flexibility index (Phi) is 5.34. The number of esters is 1. The molecule has 0 aliphatic rings. The van der Waals surface area contributed by atoms with Gasteiger partial charge in [-0.3, -0.25) is 4.79 Å². The summed E-state index contributed by atoms with van der Waals surface area (Å²) in [6.45, 7) is 3.17. The van der Waals surface area contributed by atoms with E-state index in [1.54, 1.807) is 19.1 Å². The van der Waals surface area contributed by atoms with Crippen LogP contribution in [0.5, 0.6) is 0 Å². The number of halogens is 2. The average molecular weight is 336 g/mol. The zero-order chi connectivity index (χ0) is 17.0. The third-order valence-corrected chi connectivity index (χ3v) is 3.60. The molecule has 0 saturated carbocycles. The van der Waals surface area contributed by atoms with E-state index in [0.717, 1.165) is 17.2 Å². The minimum Gasteiger partial charge on any atom is -0.452 e. The Balaban J connectivity index is 1.96. The quantitative estimate of drug-likeness (QED) is 0.862. The first-order chi connectivity index (χ1) is 10.9. The van der Waals surface area contributed by atoms with Gasteiger partial charge in [-0.25, -0.2) is 9.18 Å². The third-order valence-electron chi connectivity index (χ3n) is 3.36. The van der Waals surface area contributed by atoms with Crippen LogP contribution in [0.25, 0.3) is 0 Å². The SMILES string of the molecule is Cc1cccc(C(=O)OCC(=O)Nc2ccc(Cl)cc2F)c1C. The minimum atomic E-state index is -0.660. The number of rotatable bonds is 4. The molecule has 0 atom stereocenters. The summed E-state index contributed by atoms with van der Waals surface area (Å²) in [6, 6.07) is 9.11. The lowest BCUT2D eigenvalue weighted by molar-refractivity contribution is -0.119. The summed E-state index contributed by atoms with van der Waals surface area (Å²) in [5.41, 5.74) is 2.12. The zero-order valence-corrected chi connectivity index (χ0v) is 13.4. The van der Waals surface area contributed by atoms with Gasteiger partial charge in [0.15, 0.2) is 6.61 Å². The third kappa shape index (κ3) is 4.29. The Morgan fingerprint density at radius 2 is 1.96 bits per heavy atom. The molecule has 0 unspecified atom stereocenters. The monoisotopic (exact) mass is 335 g/mol. The highest BCUT2D eigenvalue weighted by molar-refractivity contribution is 6.30. The van der Waals surface area contributed by atoms with E-state index >= 15 is 0 Å². The maximum absolute atomic E-state index is 13.6. The molecule has 2 rings (SSSR count). The summed E-state index contributed by atoms with van der Waals surface area (Å²) >= 11 is 5.63. The lowest BCUT2D eigenvalue weighted by Gasteiger charge is -2.10. The molecular weight excluding hydrogens is 321 g/mol. The highest BCUT2D eigenvalue weighted by Crippen LogP contribution is 2.19. The number of benzene rings is 2. The number of carbonyl (C=O) groups is 2. The van der Waals surface area contributed by atoms with Crippen molar-refractivity contribution in [2.24, 2.45) is 0 Å². The highest BCUT2D eigenvalue weighted by atomic mass is 35.5. The summed E-state index contributed by atoms with van der Waals surface area (Å²) in [5.74, 6) is -1.89. The Hall–Kier alpha value is -2.40. The summed E-state index contributed by atoms with van der Waals surface area (Å²) in [7, 11) is 0. The fourth-order valence-electron chi connectivity index (χ4n) is 1.96. The first kappa shape index (κ1) is 17.0. The number of nitrogens with one attached hydrogen (secondary N) is 1. The number of ether oxygens (including phenoxy) is 1. The second kappa shape index (κ2) is 7.24. The maximum atomic E-state index is 13.6. The molecular formula is C17H15ClFNO3. The molecule has 1 amide bonds. The van der Waals surface area contributed by atoms with Gasteiger partial charge in [0.05, 0.1) is 11.3 Å². The summed E-state index contributed by atoms with van der Waals surface area (Å²) in [4.78, 5) is 23.7. The van der Waals surface area contributed by atoms with Crippen LogP contribution in [-0.4, -0.2) is 18.5 Å². The number of amides is 1. The first-order valence-corrected chi connectivity index (χ1v) is 7.24. The van der Waals surface area contributed by atoms with E-state index in [-0.39, 0.29) is 10.7 Å². The maximum Gasteiger partial charge on any atom is 0.338 e. The molecule has 120 valence electrons. The normalized spacial score (nSPS) is 10.3. The predicted octanol–water partition coefficient (Wildman–Crippen LogP) is 3.89. The molecule has 0 heterocycles. The van der Waals surface area contributed by atoms with Crippen molar-refractivity contribution in [1.82, 2.24) is 0 Å². The highest BCUT2D eigenvalue weighted by Gasteiger charge is 2.14. The molecule has 0 aromatic heterocycles. The van der Waals surface area contributed by atoms with Crippen LogP contribution in [0.3, 0.4) is 0 Å². The van der Waals surface area contributed by atoms with Crippen molar-refractivity contribution >= 4 is 29.2 Å². The van der Waals surface area contributed by atoms with Crippen molar-refractivity contribution in [2.75, 3.05) is 11.9 Å². The van der Waals surface area contributed by atoms with Gasteiger partial charge in [0.1, 0.15) is 5.82 Å². The lowest BCUT2D eigenvalue weighted by atomic mass is 10.0. The van der Waals surface area contributed by atoms with Crippen LogP contribution in [0, 0.1) is 19.7 Å². The number of anilines is 1.